The minimum atomic E-state index is -0.534. The molecule has 0 aliphatic carbocycles. The van der Waals surface area contributed by atoms with Gasteiger partial charge < -0.3 is 14.4 Å². The Balaban J connectivity index is 1.29. The molecule has 0 bridgehead atoms. The van der Waals surface area contributed by atoms with E-state index in [1.54, 1.807) is 24.3 Å². The van der Waals surface area contributed by atoms with Crippen molar-refractivity contribution in [1.82, 2.24) is 5.06 Å². The van der Waals surface area contributed by atoms with Gasteiger partial charge in [-0.15, -0.1) is 5.06 Å². The fraction of sp³-hybridized carbons (Fsp3) is 0.440. The number of nitrogens with one attached hydrogen (secondary N) is 1. The molecule has 2 aliphatic heterocycles. The molecule has 170 valence electrons. The lowest BCUT2D eigenvalue weighted by Crippen LogP contribution is -2.45. The third-order valence-electron chi connectivity index (χ3n) is 6.11. The van der Waals surface area contributed by atoms with Crippen LogP contribution >= 0.6 is 0 Å². The molecule has 2 aromatic rings. The number of para-hydroxylation sites is 2. The second-order valence-corrected chi connectivity index (χ2v) is 9.45. The summed E-state index contributed by atoms with van der Waals surface area (Å²) in [7, 11) is 1.56. The van der Waals surface area contributed by atoms with Crippen LogP contribution in [0, 0.1) is 0 Å². The predicted octanol–water partition coefficient (Wildman–Crippen LogP) is 5.12. The number of rotatable bonds is 4. The second-order valence-electron chi connectivity index (χ2n) is 9.45. The third-order valence-corrected chi connectivity index (χ3v) is 6.11. The Morgan fingerprint density at radius 2 is 1.78 bits per heavy atom. The lowest BCUT2D eigenvalue weighted by atomic mass is 9.84. The van der Waals surface area contributed by atoms with Crippen LogP contribution in [0.4, 0.5) is 10.5 Å². The number of hydrogen-bond donors (Lipinski definition) is 1. The van der Waals surface area contributed by atoms with Crippen molar-refractivity contribution in [3.8, 4) is 5.75 Å². The van der Waals surface area contributed by atoms with Crippen molar-refractivity contribution in [2.24, 2.45) is 5.16 Å². The highest BCUT2D eigenvalue weighted by Crippen LogP contribution is 2.36. The lowest BCUT2D eigenvalue weighted by Gasteiger charge is -2.35. The summed E-state index contributed by atoms with van der Waals surface area (Å²) in [5.41, 5.74) is 3.75. The van der Waals surface area contributed by atoms with Crippen molar-refractivity contribution in [3.05, 3.63) is 59.7 Å². The zero-order chi connectivity index (χ0) is 22.8. The molecule has 32 heavy (non-hydrogen) atoms. The number of hydroxylamine groups is 2. The molecule has 0 aromatic heterocycles. The van der Waals surface area contributed by atoms with Gasteiger partial charge in [-0.25, -0.2) is 4.79 Å². The molecular weight excluding hydrogens is 406 g/mol. The maximum Gasteiger partial charge on any atom is 0.430 e. The Morgan fingerprint density at radius 3 is 2.44 bits per heavy atom. The smallest absolute Gasteiger partial charge is 0.430 e. The normalized spacial score (nSPS) is 18.1. The average molecular weight is 438 g/mol. The summed E-state index contributed by atoms with van der Waals surface area (Å²) in [6.07, 6.45) is 1.71. The largest absolute Gasteiger partial charge is 0.495 e. The number of amides is 1. The summed E-state index contributed by atoms with van der Waals surface area (Å²) in [6.45, 7) is 7.80. The van der Waals surface area contributed by atoms with E-state index in [9.17, 15) is 4.79 Å². The summed E-state index contributed by atoms with van der Waals surface area (Å²) >= 11 is 0. The number of oxime groups is 1. The third kappa shape index (κ3) is 4.88. The standard InChI is InChI=1S/C25H31N3O4/c1-24(2,3)19-11-9-18(10-12-19)21-17-25(32-27-21)13-15-28(16-14-25)31-23(29)26-20-7-5-6-8-22(20)30-4/h5-12H,13-17H2,1-4H3,(H,26,29). The molecule has 7 nitrogen and oxygen atoms in total. The van der Waals surface area contributed by atoms with Crippen LogP contribution in [-0.4, -0.2) is 42.7 Å². The maximum absolute atomic E-state index is 12.3. The number of ether oxygens (including phenoxy) is 1. The van der Waals surface area contributed by atoms with E-state index in [1.807, 2.05) is 12.1 Å². The quantitative estimate of drug-likeness (QED) is 0.719. The molecule has 2 aromatic carbocycles. The summed E-state index contributed by atoms with van der Waals surface area (Å²) < 4.78 is 5.26. The van der Waals surface area contributed by atoms with Gasteiger partial charge in [0.15, 0.2) is 0 Å². The van der Waals surface area contributed by atoms with E-state index in [4.69, 9.17) is 14.4 Å². The SMILES string of the molecule is COc1ccccc1NC(=O)ON1CCC2(CC1)CC(c1ccc(C(C)(C)C)cc1)=NO2. The van der Waals surface area contributed by atoms with Gasteiger partial charge in [0.25, 0.3) is 0 Å². The Kier molecular flexibility index (Phi) is 6.11. The molecule has 4 rings (SSSR count). The van der Waals surface area contributed by atoms with Crippen LogP contribution in [0.2, 0.25) is 0 Å². The number of benzene rings is 2. The maximum atomic E-state index is 12.3. The van der Waals surface area contributed by atoms with Crippen LogP contribution in [0.3, 0.4) is 0 Å². The van der Waals surface area contributed by atoms with E-state index in [1.165, 1.54) is 5.56 Å². The zero-order valence-corrected chi connectivity index (χ0v) is 19.2. The Morgan fingerprint density at radius 1 is 1.09 bits per heavy atom. The second kappa shape index (κ2) is 8.82. The van der Waals surface area contributed by atoms with Gasteiger partial charge >= 0.3 is 6.09 Å². The number of carbonyl (C=O) groups excluding carboxylic acids is 1. The molecule has 2 aliphatic rings. The molecule has 1 fully saturated rings. The minimum Gasteiger partial charge on any atom is -0.495 e. The van der Waals surface area contributed by atoms with Crippen molar-refractivity contribution in [2.75, 3.05) is 25.5 Å². The van der Waals surface area contributed by atoms with Gasteiger partial charge in [-0.2, -0.15) is 0 Å². The highest BCUT2D eigenvalue weighted by atomic mass is 16.7. The Labute approximate surface area is 189 Å². The molecule has 1 amide bonds. The minimum absolute atomic E-state index is 0.124. The molecular formula is C25H31N3O4. The van der Waals surface area contributed by atoms with Gasteiger partial charge in [-0.1, -0.05) is 62.3 Å². The highest BCUT2D eigenvalue weighted by Gasteiger charge is 2.43. The van der Waals surface area contributed by atoms with E-state index < -0.39 is 6.09 Å². The summed E-state index contributed by atoms with van der Waals surface area (Å²) in [5, 5.41) is 8.81. The first-order chi connectivity index (χ1) is 15.3. The van der Waals surface area contributed by atoms with Gasteiger partial charge in [0.1, 0.15) is 11.4 Å². The van der Waals surface area contributed by atoms with Crippen molar-refractivity contribution in [3.63, 3.8) is 0 Å². The number of anilines is 1. The van der Waals surface area contributed by atoms with E-state index in [2.05, 4.69) is 55.5 Å². The van der Waals surface area contributed by atoms with Crippen LogP contribution < -0.4 is 10.1 Å². The molecule has 0 radical (unpaired) electrons. The van der Waals surface area contributed by atoms with Crippen molar-refractivity contribution in [1.29, 1.82) is 0 Å². The highest BCUT2D eigenvalue weighted by molar-refractivity contribution is 6.01. The van der Waals surface area contributed by atoms with E-state index >= 15 is 0 Å². The molecule has 7 heteroatoms. The monoisotopic (exact) mass is 437 g/mol. The predicted molar refractivity (Wildman–Crippen MR) is 124 cm³/mol. The van der Waals surface area contributed by atoms with Gasteiger partial charge in [0.2, 0.25) is 0 Å². The molecule has 1 saturated heterocycles. The first-order valence-electron chi connectivity index (χ1n) is 11.0. The molecule has 0 atom stereocenters. The van der Waals surface area contributed by atoms with E-state index in [0.29, 0.717) is 24.5 Å². The topological polar surface area (TPSA) is 72.4 Å². The van der Waals surface area contributed by atoms with Crippen molar-refractivity contribution < 1.29 is 19.2 Å². The molecule has 1 spiro atoms. The summed E-state index contributed by atoms with van der Waals surface area (Å²) in [6, 6.07) is 15.8. The number of hydrogen-bond acceptors (Lipinski definition) is 6. The molecule has 2 heterocycles. The number of methoxy groups -OCH3 is 1. The Bertz CT molecular complexity index is 987. The average Bonchev–Trinajstić information content (AvgIpc) is 3.19. The van der Waals surface area contributed by atoms with Crippen LogP contribution in [0.5, 0.6) is 5.75 Å². The number of carbonyl (C=O) groups is 1. The van der Waals surface area contributed by atoms with Gasteiger partial charge in [0, 0.05) is 32.4 Å². The summed E-state index contributed by atoms with van der Waals surface area (Å²) in [5.74, 6) is 0.585. The van der Waals surface area contributed by atoms with Crippen LogP contribution in [0.1, 0.15) is 51.2 Å². The first-order valence-corrected chi connectivity index (χ1v) is 11.0. The zero-order valence-electron chi connectivity index (χ0n) is 19.2. The summed E-state index contributed by atoms with van der Waals surface area (Å²) in [4.78, 5) is 23.7. The van der Waals surface area contributed by atoms with Crippen LogP contribution in [-0.2, 0) is 15.1 Å². The Hall–Kier alpha value is -3.06. The molecule has 0 unspecified atom stereocenters. The first kappa shape index (κ1) is 22.1. The van der Waals surface area contributed by atoms with Crippen molar-refractivity contribution >= 4 is 17.5 Å². The number of nitrogens with zero attached hydrogens (tertiary/aromatic N) is 2. The fourth-order valence-electron chi connectivity index (χ4n) is 4.09. The van der Waals surface area contributed by atoms with Gasteiger partial charge in [-0.3, -0.25) is 5.32 Å². The number of piperidine rings is 1. The van der Waals surface area contributed by atoms with E-state index in [-0.39, 0.29) is 11.0 Å². The van der Waals surface area contributed by atoms with Gasteiger partial charge in [0.05, 0.1) is 18.5 Å². The molecule has 0 saturated carbocycles. The van der Waals surface area contributed by atoms with Gasteiger partial charge in [-0.05, 0) is 28.7 Å². The van der Waals surface area contributed by atoms with E-state index in [0.717, 1.165) is 30.5 Å². The lowest BCUT2D eigenvalue weighted by molar-refractivity contribution is -0.154. The fourth-order valence-corrected chi connectivity index (χ4v) is 4.09. The van der Waals surface area contributed by atoms with Crippen LogP contribution in [0.25, 0.3) is 0 Å². The van der Waals surface area contributed by atoms with Crippen LogP contribution in [0.15, 0.2) is 53.7 Å². The molecule has 1 N–H and O–H groups in total. The van der Waals surface area contributed by atoms with Crippen molar-refractivity contribution in [2.45, 2.75) is 51.0 Å².